The van der Waals surface area contributed by atoms with E-state index < -0.39 is 19.1 Å². The Bertz CT molecular complexity index is 3440. The number of nitrogens with one attached hydrogen (secondary N) is 3. The lowest BCUT2D eigenvalue weighted by Crippen LogP contribution is -2.41. The van der Waals surface area contributed by atoms with E-state index in [9.17, 15) is 35.2 Å². The molecule has 392 valence electrons. The van der Waals surface area contributed by atoms with E-state index in [1.165, 1.54) is 48.5 Å². The fourth-order valence-electron chi connectivity index (χ4n) is 9.01. The Labute approximate surface area is 439 Å². The molecule has 2 aliphatic rings. The van der Waals surface area contributed by atoms with Gasteiger partial charge in [-0.2, -0.15) is 0 Å². The first-order valence-electron chi connectivity index (χ1n) is 24.6. The summed E-state index contributed by atoms with van der Waals surface area (Å²) in [6.07, 6.45) is 5.85. The summed E-state index contributed by atoms with van der Waals surface area (Å²) in [6, 6.07) is 39.8. The van der Waals surface area contributed by atoms with E-state index >= 15 is 0 Å². The number of rotatable bonds is 12. The molecule has 2 fully saturated rings. The largest absolute Gasteiger partial charge is 0.436 e. The van der Waals surface area contributed by atoms with Crippen LogP contribution in [0.3, 0.4) is 0 Å². The minimum Gasteiger partial charge on any atom is -0.436 e. The van der Waals surface area contributed by atoms with Crippen LogP contribution in [0.4, 0.5) is 8.78 Å². The summed E-state index contributed by atoms with van der Waals surface area (Å²) in [5.74, 6) is 0.201. The Kier molecular flexibility index (Phi) is 17.6. The molecule has 2 aliphatic carbocycles. The topological polar surface area (TPSA) is 217 Å². The monoisotopic (exact) mass is 1080 g/mol. The third kappa shape index (κ3) is 14.5. The van der Waals surface area contributed by atoms with Gasteiger partial charge in [-0.3, -0.25) is 9.59 Å². The molecule has 0 spiro atoms. The minimum absolute atomic E-state index is 0.00238. The quantitative estimate of drug-likeness (QED) is 0.0844. The fourth-order valence-corrected chi connectivity index (χ4v) is 11.1. The Morgan fingerprint density at radius 1 is 0.573 bits per heavy atom. The van der Waals surface area contributed by atoms with Crippen LogP contribution in [0.25, 0.3) is 45.1 Å². The lowest BCUT2D eigenvalue weighted by Gasteiger charge is -2.29. The van der Waals surface area contributed by atoms with Crippen LogP contribution in [-0.4, -0.2) is 50.7 Å². The zero-order valence-electron chi connectivity index (χ0n) is 41.2. The van der Waals surface area contributed by atoms with Crippen molar-refractivity contribution in [2.45, 2.75) is 99.2 Å². The summed E-state index contributed by atoms with van der Waals surface area (Å²) in [5.41, 5.74) is 11.2. The van der Waals surface area contributed by atoms with E-state index in [0.29, 0.717) is 59.7 Å². The Morgan fingerprint density at radius 3 is 1.40 bits per heavy atom. The molecule has 2 aromatic heterocycles. The predicted octanol–water partition coefficient (Wildman–Crippen LogP) is 11.3. The third-order valence-corrected chi connectivity index (χ3v) is 16.2. The van der Waals surface area contributed by atoms with Crippen molar-refractivity contribution in [3.05, 3.63) is 168 Å². The van der Waals surface area contributed by atoms with Gasteiger partial charge in [-0.15, -0.1) is 0 Å². The number of benzene rings is 6. The number of sulfonamides is 1. The highest BCUT2D eigenvalue weighted by Crippen LogP contribution is 2.31. The smallest absolute Gasteiger partial charge is 0.261 e. The molecule has 0 saturated heterocycles. The van der Waals surface area contributed by atoms with E-state index in [1.807, 2.05) is 74.5 Å². The van der Waals surface area contributed by atoms with Gasteiger partial charge < -0.3 is 25.2 Å². The Hall–Kier alpha value is -6.83. The van der Waals surface area contributed by atoms with Gasteiger partial charge in [0.1, 0.15) is 22.7 Å². The number of amides is 2. The second kappa shape index (κ2) is 24.2. The van der Waals surface area contributed by atoms with Crippen molar-refractivity contribution >= 4 is 63.8 Å². The van der Waals surface area contributed by atoms with Crippen LogP contribution in [-0.2, 0) is 28.7 Å². The lowest BCUT2D eigenvalue weighted by atomic mass is 9.85. The van der Waals surface area contributed by atoms with E-state index in [1.54, 1.807) is 36.4 Å². The van der Waals surface area contributed by atoms with Crippen molar-refractivity contribution in [2.75, 3.05) is 0 Å². The van der Waals surface area contributed by atoms with Crippen LogP contribution in [0.2, 0.25) is 0 Å². The molecule has 14 nitrogen and oxygen atoms in total. The molecule has 5 N–H and O–H groups in total. The molecule has 6 aromatic carbocycles. The molecule has 2 atom stereocenters. The van der Waals surface area contributed by atoms with Crippen molar-refractivity contribution in [3.63, 3.8) is 0 Å². The number of hydrogen-bond donors (Lipinski definition) is 4. The molecule has 19 heteroatoms. The second-order valence-corrected chi connectivity index (χ2v) is 23.1. The molecular weight excluding hydrogens is 1020 g/mol. The first-order valence-corrected chi connectivity index (χ1v) is 28.4. The standard InChI is InChI=1S/C28H28FN3O4S.C15H21FN2O.C13H8ClNO3S/c1-18(19-7-11-22(29)12-8-19)30-27(33)20-9-13-23(14-10-20)32-37(34,35)24-15-16-25-26(17-24)36-28(31-25)21-5-3-2-4-6-21;1-10(11-2-6-13(16)7-3-11)18-15(19)12-4-8-14(17)9-5-12;14-19(16,17)10-6-7-11-12(8-10)18-13(15-11)9-4-2-1-3-5-9/h2-8,11-12,15-18,20,23,32H,9-10,13-14H2,1H3,(H,30,33);2-3,6-7,10,12,14H,4-5,8-9,17H2,1H3,(H,18,19);1-8H/t18-,20?,23?;10-,12?,14?;/m11./s1. The Morgan fingerprint density at radius 2 is 0.973 bits per heavy atom. The summed E-state index contributed by atoms with van der Waals surface area (Å²) in [6.45, 7) is 3.78. The van der Waals surface area contributed by atoms with Gasteiger partial charge in [0.05, 0.1) is 21.9 Å². The van der Waals surface area contributed by atoms with E-state index in [0.717, 1.165) is 47.9 Å². The summed E-state index contributed by atoms with van der Waals surface area (Å²) in [4.78, 5) is 33.7. The number of nitrogens with two attached hydrogens (primary N) is 1. The number of hydrogen-bond acceptors (Lipinski definition) is 11. The molecule has 10 rings (SSSR count). The molecule has 75 heavy (non-hydrogen) atoms. The summed E-state index contributed by atoms with van der Waals surface area (Å²) >= 11 is 0. The third-order valence-electron chi connectivity index (χ3n) is 13.4. The van der Waals surface area contributed by atoms with E-state index in [-0.39, 0.29) is 69.2 Å². The molecule has 2 saturated carbocycles. The van der Waals surface area contributed by atoms with E-state index in [2.05, 4.69) is 25.3 Å². The minimum atomic E-state index is -3.77. The van der Waals surface area contributed by atoms with Gasteiger partial charge in [0.15, 0.2) is 11.2 Å². The molecule has 8 aromatic rings. The molecule has 2 amide bonds. The number of nitrogens with zero attached hydrogens (tertiary/aromatic N) is 2. The lowest BCUT2D eigenvalue weighted by molar-refractivity contribution is -0.127. The van der Waals surface area contributed by atoms with Gasteiger partial charge in [0, 0.05) is 57.9 Å². The molecule has 2 heterocycles. The number of oxazole rings is 2. The highest BCUT2D eigenvalue weighted by atomic mass is 35.7. The number of carbonyl (C=O) groups excluding carboxylic acids is 2. The average Bonchev–Trinajstić information content (AvgIpc) is 4.05. The normalized spacial score (nSPS) is 18.6. The van der Waals surface area contributed by atoms with Gasteiger partial charge >= 0.3 is 0 Å². The van der Waals surface area contributed by atoms with Crippen molar-refractivity contribution in [2.24, 2.45) is 17.6 Å². The second-order valence-electron chi connectivity index (χ2n) is 18.8. The van der Waals surface area contributed by atoms with Crippen molar-refractivity contribution in [1.29, 1.82) is 0 Å². The van der Waals surface area contributed by atoms with Crippen LogP contribution in [0, 0.1) is 23.5 Å². The van der Waals surface area contributed by atoms with Crippen LogP contribution in [0.5, 0.6) is 0 Å². The summed E-state index contributed by atoms with van der Waals surface area (Å²) in [7, 11) is -2.24. The van der Waals surface area contributed by atoms with Crippen LogP contribution >= 0.6 is 10.7 Å². The van der Waals surface area contributed by atoms with Gasteiger partial charge in [-0.1, -0.05) is 60.7 Å². The maximum atomic E-state index is 13.2. The maximum absolute atomic E-state index is 13.2. The summed E-state index contributed by atoms with van der Waals surface area (Å²) < 4.78 is 88.8. The zero-order valence-corrected chi connectivity index (χ0v) is 43.6. The first-order chi connectivity index (χ1) is 35.9. The van der Waals surface area contributed by atoms with Crippen LogP contribution < -0.4 is 21.1 Å². The molecule has 0 unspecified atom stereocenters. The number of fused-ring (bicyclic) bond motifs is 2. The maximum Gasteiger partial charge on any atom is 0.261 e. The summed E-state index contributed by atoms with van der Waals surface area (Å²) in [5, 5.41) is 5.99. The van der Waals surface area contributed by atoms with Crippen molar-refractivity contribution < 1.29 is 44.0 Å². The zero-order chi connectivity index (χ0) is 53.3. The van der Waals surface area contributed by atoms with E-state index in [4.69, 9.17) is 25.3 Å². The predicted molar refractivity (Wildman–Crippen MR) is 284 cm³/mol. The van der Waals surface area contributed by atoms with Crippen molar-refractivity contribution in [3.8, 4) is 22.9 Å². The number of halogens is 3. The molecular formula is C56H57ClF2N6O8S2. The van der Waals surface area contributed by atoms with Gasteiger partial charge in [0.2, 0.25) is 33.6 Å². The highest BCUT2D eigenvalue weighted by molar-refractivity contribution is 8.13. The van der Waals surface area contributed by atoms with Crippen molar-refractivity contribution in [1.82, 2.24) is 25.3 Å². The first kappa shape index (κ1) is 54.4. The molecule has 0 bridgehead atoms. The van der Waals surface area contributed by atoms with Gasteiger partial charge in [-0.05, 0) is 149 Å². The van der Waals surface area contributed by atoms with Gasteiger partial charge in [0.25, 0.3) is 9.05 Å². The molecule has 0 aliphatic heterocycles. The van der Waals surface area contributed by atoms with Gasteiger partial charge in [-0.25, -0.2) is 40.3 Å². The average molecular weight is 1080 g/mol. The SMILES string of the molecule is C[C@@H](NC(=O)C1CCC(N)CC1)c1ccc(F)cc1.C[C@@H](NC(=O)C1CCC(NS(=O)(=O)c2ccc3nc(-c4ccccc4)oc3c2)CC1)c1ccc(F)cc1.O=S(=O)(Cl)c1ccc2nc(-c3ccccc3)oc2c1. The highest BCUT2D eigenvalue weighted by Gasteiger charge is 2.31. The number of aromatic nitrogens is 2. The van der Waals surface area contributed by atoms with Crippen LogP contribution in [0.1, 0.15) is 88.4 Å². The van der Waals surface area contributed by atoms with Crippen LogP contribution in [0.15, 0.2) is 164 Å². The number of carbonyl (C=O) groups is 2. The fraction of sp³-hybridized carbons (Fsp3) is 0.286. The molecule has 0 radical (unpaired) electrons. The Balaban J connectivity index is 0.000000165.